The highest BCUT2D eigenvalue weighted by Crippen LogP contribution is 2.60. The molecule has 0 unspecified atom stereocenters. The van der Waals surface area contributed by atoms with E-state index in [-0.39, 0.29) is 11.4 Å². The maximum atomic E-state index is 12.6. The Morgan fingerprint density at radius 1 is 1.05 bits per heavy atom. The lowest BCUT2D eigenvalue weighted by atomic mass is 9.49. The molecule has 0 aliphatic heterocycles. The maximum Gasteiger partial charge on any atom is 0.312 e. The molecular weight excluding hydrogens is 238 g/mol. The van der Waals surface area contributed by atoms with Gasteiger partial charge in [0.2, 0.25) is 0 Å². The normalized spacial score (nSPS) is 40.5. The molecule has 0 aromatic heterocycles. The molecule has 4 bridgehead atoms. The Morgan fingerprint density at radius 3 is 1.95 bits per heavy atom. The van der Waals surface area contributed by atoms with Crippen molar-refractivity contribution >= 4 is 5.97 Å². The van der Waals surface area contributed by atoms with Gasteiger partial charge in [-0.25, -0.2) is 0 Å². The van der Waals surface area contributed by atoms with Crippen molar-refractivity contribution in [2.75, 3.05) is 34.3 Å². The van der Waals surface area contributed by atoms with Crippen LogP contribution in [0.5, 0.6) is 0 Å². The molecule has 3 heteroatoms. The van der Waals surface area contributed by atoms with Gasteiger partial charge in [0, 0.05) is 0 Å². The zero-order chi connectivity index (χ0) is 13.7. The van der Waals surface area contributed by atoms with Crippen LogP contribution in [-0.4, -0.2) is 44.7 Å². The summed E-state index contributed by atoms with van der Waals surface area (Å²) in [5.74, 6) is 2.58. The molecular formula is C16H28NO2+. The lowest BCUT2D eigenvalue weighted by Gasteiger charge is -2.55. The van der Waals surface area contributed by atoms with E-state index in [4.69, 9.17) is 4.74 Å². The first-order valence-electron chi connectivity index (χ1n) is 7.84. The summed E-state index contributed by atoms with van der Waals surface area (Å²) in [6, 6.07) is 0. The van der Waals surface area contributed by atoms with Gasteiger partial charge in [-0.3, -0.25) is 4.79 Å². The van der Waals surface area contributed by atoms with E-state index in [0.29, 0.717) is 6.61 Å². The Kier molecular flexibility index (Phi) is 3.16. The quantitative estimate of drug-likeness (QED) is 0.577. The van der Waals surface area contributed by atoms with Crippen molar-refractivity contribution in [1.82, 2.24) is 0 Å². The number of hydrogen-bond acceptors (Lipinski definition) is 2. The molecule has 108 valence electrons. The summed E-state index contributed by atoms with van der Waals surface area (Å²) in [5.41, 5.74) is -0.0837. The Bertz CT molecular complexity index is 334. The highest BCUT2D eigenvalue weighted by molar-refractivity contribution is 5.77. The van der Waals surface area contributed by atoms with E-state index in [2.05, 4.69) is 21.1 Å². The fourth-order valence-electron chi connectivity index (χ4n) is 4.93. The van der Waals surface area contributed by atoms with Crippen LogP contribution in [0.15, 0.2) is 0 Å². The summed E-state index contributed by atoms with van der Waals surface area (Å²) < 4.78 is 6.50. The van der Waals surface area contributed by atoms with Crippen LogP contribution in [0.2, 0.25) is 0 Å². The SMILES string of the molecule is C[N+](C)(C)CCOC(=O)C12CC3CC(CC(C3)C1)C2. The van der Waals surface area contributed by atoms with Crippen LogP contribution < -0.4 is 0 Å². The molecule has 0 aromatic rings. The number of nitrogens with zero attached hydrogens (tertiary/aromatic N) is 1. The molecule has 0 heterocycles. The van der Waals surface area contributed by atoms with Crippen molar-refractivity contribution in [2.45, 2.75) is 38.5 Å². The number of rotatable bonds is 4. The third-order valence-electron chi connectivity index (χ3n) is 5.47. The molecule has 0 amide bonds. The van der Waals surface area contributed by atoms with E-state index < -0.39 is 0 Å². The second-order valence-electron chi connectivity index (χ2n) is 8.35. The van der Waals surface area contributed by atoms with Crippen molar-refractivity contribution in [2.24, 2.45) is 23.2 Å². The summed E-state index contributed by atoms with van der Waals surface area (Å²) in [7, 11) is 6.41. The number of esters is 1. The minimum Gasteiger partial charge on any atom is -0.459 e. The van der Waals surface area contributed by atoms with Crippen molar-refractivity contribution in [1.29, 1.82) is 0 Å². The van der Waals surface area contributed by atoms with Gasteiger partial charge in [0.05, 0.1) is 26.6 Å². The molecule has 4 rings (SSSR count). The molecule has 0 N–H and O–H groups in total. The van der Waals surface area contributed by atoms with Crippen LogP contribution in [0.3, 0.4) is 0 Å². The third kappa shape index (κ3) is 2.67. The Balaban J connectivity index is 1.60. The summed E-state index contributed by atoms with van der Waals surface area (Å²) in [6.45, 7) is 1.47. The maximum absolute atomic E-state index is 12.6. The van der Waals surface area contributed by atoms with E-state index in [1.54, 1.807) is 0 Å². The zero-order valence-corrected chi connectivity index (χ0v) is 12.7. The van der Waals surface area contributed by atoms with E-state index >= 15 is 0 Å². The average Bonchev–Trinajstić information content (AvgIpc) is 2.25. The van der Waals surface area contributed by atoms with Crippen LogP contribution in [-0.2, 0) is 9.53 Å². The average molecular weight is 266 g/mol. The molecule has 3 nitrogen and oxygen atoms in total. The first-order valence-corrected chi connectivity index (χ1v) is 7.84. The van der Waals surface area contributed by atoms with Gasteiger partial charge in [-0.1, -0.05) is 0 Å². The lowest BCUT2D eigenvalue weighted by molar-refractivity contribution is -0.870. The topological polar surface area (TPSA) is 26.3 Å². The van der Waals surface area contributed by atoms with Crippen LogP contribution in [0.4, 0.5) is 0 Å². The van der Waals surface area contributed by atoms with Gasteiger partial charge >= 0.3 is 5.97 Å². The minimum atomic E-state index is -0.0837. The number of carbonyl (C=O) groups is 1. The molecule has 4 fully saturated rings. The standard InChI is InChI=1S/C16H28NO2/c1-17(2,3)4-5-19-15(18)16-9-12-6-13(10-16)8-14(7-12)11-16/h12-14H,4-11H2,1-3H3/q+1. The highest BCUT2D eigenvalue weighted by Gasteiger charge is 2.55. The minimum absolute atomic E-state index is 0.0837. The molecule has 4 aliphatic rings. The van der Waals surface area contributed by atoms with Crippen LogP contribution >= 0.6 is 0 Å². The smallest absolute Gasteiger partial charge is 0.312 e. The van der Waals surface area contributed by atoms with Crippen molar-refractivity contribution in [3.8, 4) is 0 Å². The molecule has 0 radical (unpaired) electrons. The molecule has 0 aromatic carbocycles. The number of ether oxygens (including phenoxy) is 1. The summed E-state index contributed by atoms with van der Waals surface area (Å²) in [4.78, 5) is 12.6. The number of carbonyl (C=O) groups excluding carboxylic acids is 1. The Labute approximate surface area is 116 Å². The van der Waals surface area contributed by atoms with E-state index in [1.165, 1.54) is 19.3 Å². The van der Waals surface area contributed by atoms with Gasteiger partial charge in [0.15, 0.2) is 0 Å². The van der Waals surface area contributed by atoms with Crippen molar-refractivity contribution in [3.63, 3.8) is 0 Å². The lowest BCUT2D eigenvalue weighted by Crippen LogP contribution is -2.51. The van der Waals surface area contributed by atoms with Gasteiger partial charge in [-0.05, 0) is 56.3 Å². The number of quaternary nitrogens is 1. The van der Waals surface area contributed by atoms with Gasteiger partial charge < -0.3 is 9.22 Å². The number of hydrogen-bond donors (Lipinski definition) is 0. The zero-order valence-electron chi connectivity index (χ0n) is 12.7. The van der Waals surface area contributed by atoms with Gasteiger partial charge in [-0.2, -0.15) is 0 Å². The molecule has 4 saturated carbocycles. The summed E-state index contributed by atoms with van der Waals surface area (Å²) in [5, 5.41) is 0. The van der Waals surface area contributed by atoms with Crippen LogP contribution in [0.25, 0.3) is 0 Å². The molecule has 4 aliphatic carbocycles. The van der Waals surface area contributed by atoms with Gasteiger partial charge in [-0.15, -0.1) is 0 Å². The molecule has 0 atom stereocenters. The molecule has 0 spiro atoms. The van der Waals surface area contributed by atoms with Gasteiger partial charge in [0.25, 0.3) is 0 Å². The van der Waals surface area contributed by atoms with Crippen LogP contribution in [0.1, 0.15) is 38.5 Å². The first-order chi connectivity index (χ1) is 8.86. The first kappa shape index (κ1) is 13.4. The fraction of sp³-hybridized carbons (Fsp3) is 0.938. The predicted molar refractivity (Wildman–Crippen MR) is 74.5 cm³/mol. The highest BCUT2D eigenvalue weighted by atomic mass is 16.5. The fourth-order valence-corrected chi connectivity index (χ4v) is 4.93. The van der Waals surface area contributed by atoms with Crippen molar-refractivity contribution < 1.29 is 14.0 Å². The monoisotopic (exact) mass is 266 g/mol. The Hall–Kier alpha value is -0.570. The second kappa shape index (κ2) is 4.47. The largest absolute Gasteiger partial charge is 0.459 e. The van der Waals surface area contributed by atoms with Crippen molar-refractivity contribution in [3.05, 3.63) is 0 Å². The second-order valence-corrected chi connectivity index (χ2v) is 8.35. The predicted octanol–water partition coefficient (Wildman–Crippen LogP) is 2.45. The van der Waals surface area contributed by atoms with E-state index in [0.717, 1.165) is 48.0 Å². The molecule has 0 saturated heterocycles. The van der Waals surface area contributed by atoms with Crippen LogP contribution in [0, 0.1) is 23.2 Å². The Morgan fingerprint density at radius 2 is 1.53 bits per heavy atom. The molecule has 19 heavy (non-hydrogen) atoms. The summed E-state index contributed by atoms with van der Waals surface area (Å²) >= 11 is 0. The van der Waals surface area contributed by atoms with E-state index in [9.17, 15) is 4.79 Å². The number of likely N-dealkylation sites (N-methyl/N-ethyl adjacent to an activating group) is 1. The van der Waals surface area contributed by atoms with Gasteiger partial charge in [0.1, 0.15) is 13.2 Å². The summed E-state index contributed by atoms with van der Waals surface area (Å²) in [6.07, 6.45) is 7.48. The van der Waals surface area contributed by atoms with E-state index in [1.807, 2.05) is 0 Å². The third-order valence-corrected chi connectivity index (χ3v) is 5.47.